The topological polar surface area (TPSA) is 49.8 Å². The molecule has 2 rings (SSSR count). The molecule has 0 unspecified atom stereocenters. The minimum Gasteiger partial charge on any atom is -0.370 e. The predicted octanol–water partition coefficient (Wildman–Crippen LogP) is 3.85. The molecule has 1 saturated carbocycles. The third-order valence-corrected chi connectivity index (χ3v) is 3.94. The SMILES string of the molecule is CCCNc1cc(NCC2CCCCC2)nc(CC)n1. The Kier molecular flexibility index (Phi) is 6.09. The van der Waals surface area contributed by atoms with Gasteiger partial charge >= 0.3 is 0 Å². The van der Waals surface area contributed by atoms with Gasteiger partial charge in [0, 0.05) is 25.6 Å². The van der Waals surface area contributed by atoms with E-state index in [2.05, 4.69) is 34.4 Å². The Bertz CT molecular complexity index is 399. The van der Waals surface area contributed by atoms with Gasteiger partial charge in [-0.25, -0.2) is 9.97 Å². The largest absolute Gasteiger partial charge is 0.370 e. The van der Waals surface area contributed by atoms with Crippen LogP contribution < -0.4 is 10.6 Å². The fourth-order valence-electron chi connectivity index (χ4n) is 2.73. The van der Waals surface area contributed by atoms with Gasteiger partial charge < -0.3 is 10.6 Å². The van der Waals surface area contributed by atoms with Crippen LogP contribution in [0.2, 0.25) is 0 Å². The van der Waals surface area contributed by atoms with Crippen LogP contribution in [0.1, 0.15) is 58.2 Å². The molecule has 20 heavy (non-hydrogen) atoms. The van der Waals surface area contributed by atoms with E-state index in [1.54, 1.807) is 0 Å². The molecule has 1 aromatic rings. The van der Waals surface area contributed by atoms with Gasteiger partial charge in [0.25, 0.3) is 0 Å². The van der Waals surface area contributed by atoms with Crippen molar-refractivity contribution in [2.24, 2.45) is 5.92 Å². The minimum absolute atomic E-state index is 0.816. The molecule has 0 aromatic carbocycles. The fraction of sp³-hybridized carbons (Fsp3) is 0.750. The molecule has 1 fully saturated rings. The van der Waals surface area contributed by atoms with E-state index in [9.17, 15) is 0 Å². The highest BCUT2D eigenvalue weighted by Gasteiger charge is 2.13. The number of hydrogen-bond acceptors (Lipinski definition) is 4. The quantitative estimate of drug-likeness (QED) is 0.794. The lowest BCUT2D eigenvalue weighted by Crippen LogP contribution is -2.18. The average molecular weight is 276 g/mol. The molecule has 0 bridgehead atoms. The molecule has 4 heteroatoms. The first-order valence-corrected chi connectivity index (χ1v) is 8.17. The van der Waals surface area contributed by atoms with E-state index >= 15 is 0 Å². The second-order valence-electron chi connectivity index (χ2n) is 5.72. The van der Waals surface area contributed by atoms with E-state index in [1.165, 1.54) is 32.1 Å². The van der Waals surface area contributed by atoms with Crippen molar-refractivity contribution in [1.82, 2.24) is 9.97 Å². The summed E-state index contributed by atoms with van der Waals surface area (Å²) in [5.41, 5.74) is 0. The zero-order valence-corrected chi connectivity index (χ0v) is 12.9. The van der Waals surface area contributed by atoms with E-state index in [0.717, 1.165) is 49.3 Å². The third-order valence-electron chi connectivity index (χ3n) is 3.94. The van der Waals surface area contributed by atoms with Crippen LogP contribution in [0.15, 0.2) is 6.07 Å². The molecule has 4 nitrogen and oxygen atoms in total. The molecule has 1 heterocycles. The van der Waals surface area contributed by atoms with E-state index < -0.39 is 0 Å². The highest BCUT2D eigenvalue weighted by atomic mass is 15.1. The maximum atomic E-state index is 4.58. The van der Waals surface area contributed by atoms with E-state index in [-0.39, 0.29) is 0 Å². The zero-order chi connectivity index (χ0) is 14.2. The highest BCUT2D eigenvalue weighted by Crippen LogP contribution is 2.24. The first-order chi connectivity index (χ1) is 9.81. The highest BCUT2D eigenvalue weighted by molar-refractivity contribution is 5.47. The Morgan fingerprint density at radius 2 is 1.75 bits per heavy atom. The van der Waals surface area contributed by atoms with Crippen LogP contribution in [0.25, 0.3) is 0 Å². The Hall–Kier alpha value is -1.32. The maximum Gasteiger partial charge on any atom is 0.132 e. The number of hydrogen-bond donors (Lipinski definition) is 2. The van der Waals surface area contributed by atoms with Crippen molar-refractivity contribution in [2.45, 2.75) is 58.8 Å². The molecule has 0 radical (unpaired) electrons. The van der Waals surface area contributed by atoms with Gasteiger partial charge in [0.05, 0.1) is 0 Å². The summed E-state index contributed by atoms with van der Waals surface area (Å²) in [6.07, 6.45) is 8.89. The Labute approximate surface area is 122 Å². The van der Waals surface area contributed by atoms with Crippen LogP contribution in [-0.2, 0) is 6.42 Å². The van der Waals surface area contributed by atoms with E-state index in [1.807, 2.05) is 6.07 Å². The molecule has 1 aliphatic carbocycles. The fourth-order valence-corrected chi connectivity index (χ4v) is 2.73. The molecule has 1 aliphatic rings. The van der Waals surface area contributed by atoms with Crippen LogP contribution in [0.5, 0.6) is 0 Å². The second-order valence-corrected chi connectivity index (χ2v) is 5.72. The molecular weight excluding hydrogens is 248 g/mol. The summed E-state index contributed by atoms with van der Waals surface area (Å²) in [5, 5.41) is 6.87. The van der Waals surface area contributed by atoms with Crippen molar-refractivity contribution in [3.63, 3.8) is 0 Å². The molecule has 0 saturated heterocycles. The van der Waals surface area contributed by atoms with E-state index in [0.29, 0.717) is 0 Å². The van der Waals surface area contributed by atoms with Gasteiger partial charge in [-0.2, -0.15) is 0 Å². The van der Waals surface area contributed by atoms with Crippen molar-refractivity contribution >= 4 is 11.6 Å². The number of rotatable bonds is 7. The van der Waals surface area contributed by atoms with Crippen LogP contribution >= 0.6 is 0 Å². The van der Waals surface area contributed by atoms with Gasteiger partial charge in [0.2, 0.25) is 0 Å². The minimum atomic E-state index is 0.816. The summed E-state index contributed by atoms with van der Waals surface area (Å²) in [6.45, 7) is 6.27. The predicted molar refractivity (Wildman–Crippen MR) is 85.3 cm³/mol. The second kappa shape index (κ2) is 8.08. The Balaban J connectivity index is 1.94. The van der Waals surface area contributed by atoms with Crippen LogP contribution in [0, 0.1) is 5.92 Å². The molecule has 0 spiro atoms. The molecule has 0 atom stereocenters. The number of aryl methyl sites for hydroxylation is 1. The van der Waals surface area contributed by atoms with E-state index in [4.69, 9.17) is 0 Å². The first-order valence-electron chi connectivity index (χ1n) is 8.17. The Morgan fingerprint density at radius 1 is 1.05 bits per heavy atom. The number of anilines is 2. The lowest BCUT2D eigenvalue weighted by molar-refractivity contribution is 0.373. The van der Waals surface area contributed by atoms with Gasteiger partial charge in [0.1, 0.15) is 17.5 Å². The number of nitrogens with one attached hydrogen (secondary N) is 2. The molecule has 112 valence electrons. The summed E-state index contributed by atoms with van der Waals surface area (Å²) >= 11 is 0. The van der Waals surface area contributed by atoms with Crippen molar-refractivity contribution in [3.8, 4) is 0 Å². The van der Waals surface area contributed by atoms with Gasteiger partial charge in [-0.1, -0.05) is 33.1 Å². The molecule has 0 aliphatic heterocycles. The zero-order valence-electron chi connectivity index (χ0n) is 12.9. The van der Waals surface area contributed by atoms with Crippen LogP contribution in [0.3, 0.4) is 0 Å². The monoisotopic (exact) mass is 276 g/mol. The lowest BCUT2D eigenvalue weighted by atomic mass is 9.89. The third kappa shape index (κ3) is 4.66. The summed E-state index contributed by atoms with van der Waals surface area (Å²) in [4.78, 5) is 9.10. The van der Waals surface area contributed by atoms with Crippen molar-refractivity contribution in [1.29, 1.82) is 0 Å². The van der Waals surface area contributed by atoms with Crippen LogP contribution in [0.4, 0.5) is 11.6 Å². The smallest absolute Gasteiger partial charge is 0.132 e. The molecule has 1 aromatic heterocycles. The first kappa shape index (κ1) is 15.1. The van der Waals surface area contributed by atoms with Gasteiger partial charge in [0.15, 0.2) is 0 Å². The van der Waals surface area contributed by atoms with Crippen molar-refractivity contribution in [2.75, 3.05) is 23.7 Å². The summed E-state index contributed by atoms with van der Waals surface area (Å²) in [7, 11) is 0. The summed E-state index contributed by atoms with van der Waals surface area (Å²) in [5.74, 6) is 3.65. The summed E-state index contributed by atoms with van der Waals surface area (Å²) in [6, 6.07) is 2.04. The van der Waals surface area contributed by atoms with Crippen LogP contribution in [-0.4, -0.2) is 23.1 Å². The van der Waals surface area contributed by atoms with Gasteiger partial charge in [-0.3, -0.25) is 0 Å². The van der Waals surface area contributed by atoms with Crippen molar-refractivity contribution in [3.05, 3.63) is 11.9 Å². The van der Waals surface area contributed by atoms with Gasteiger partial charge in [-0.05, 0) is 25.2 Å². The number of aromatic nitrogens is 2. The maximum absolute atomic E-state index is 4.58. The Morgan fingerprint density at radius 3 is 2.40 bits per heavy atom. The molecular formula is C16H28N4. The summed E-state index contributed by atoms with van der Waals surface area (Å²) < 4.78 is 0. The van der Waals surface area contributed by atoms with Crippen molar-refractivity contribution < 1.29 is 0 Å². The van der Waals surface area contributed by atoms with Gasteiger partial charge in [-0.15, -0.1) is 0 Å². The lowest BCUT2D eigenvalue weighted by Gasteiger charge is -2.22. The molecule has 0 amide bonds. The standard InChI is InChI=1S/C16H28N4/c1-3-10-17-15-11-16(20-14(4-2)19-15)18-12-13-8-6-5-7-9-13/h11,13H,3-10,12H2,1-2H3,(H2,17,18,19,20). The molecule has 2 N–H and O–H groups in total. The normalized spacial score (nSPS) is 16.1. The average Bonchev–Trinajstić information content (AvgIpc) is 2.51. The number of nitrogens with zero attached hydrogens (tertiary/aromatic N) is 2.